The Morgan fingerprint density at radius 2 is 1.87 bits per heavy atom. The van der Waals surface area contributed by atoms with Gasteiger partial charge < -0.3 is 19.2 Å². The number of nitrogens with zero attached hydrogens (tertiary/aromatic N) is 3. The van der Waals surface area contributed by atoms with E-state index < -0.39 is 0 Å². The van der Waals surface area contributed by atoms with Crippen molar-refractivity contribution < 1.29 is 14.7 Å². The third-order valence-electron chi connectivity index (χ3n) is 5.78. The van der Waals surface area contributed by atoms with Gasteiger partial charge in [-0.15, -0.1) is 0 Å². The molecule has 3 heterocycles. The first-order valence-electron chi connectivity index (χ1n) is 9.70. The molecule has 0 fully saturated rings. The summed E-state index contributed by atoms with van der Waals surface area (Å²) >= 11 is 0. The van der Waals surface area contributed by atoms with E-state index >= 15 is 0 Å². The predicted molar refractivity (Wildman–Crippen MR) is 114 cm³/mol. The number of aryl methyl sites for hydroxylation is 2. The van der Waals surface area contributed by atoms with Crippen LogP contribution in [0, 0.1) is 6.92 Å². The van der Waals surface area contributed by atoms with Gasteiger partial charge in [0.2, 0.25) is 0 Å². The summed E-state index contributed by atoms with van der Waals surface area (Å²) < 4.78 is 13.5. The molecule has 30 heavy (non-hydrogen) atoms. The minimum Gasteiger partial charge on any atom is -0.493 e. The van der Waals surface area contributed by atoms with Crippen LogP contribution in [0.1, 0.15) is 11.3 Å². The number of methoxy groups -OCH3 is 2. The molecule has 5 rings (SSSR count). The lowest BCUT2D eigenvalue weighted by Gasteiger charge is -2.08. The van der Waals surface area contributed by atoms with Crippen molar-refractivity contribution in [3.05, 3.63) is 64.1 Å². The molecule has 0 aliphatic carbocycles. The third-order valence-corrected chi connectivity index (χ3v) is 5.78. The fraction of sp³-hybridized carbons (Fsp3) is 0.217. The maximum absolute atomic E-state index is 13.2. The Bertz CT molecular complexity index is 1370. The van der Waals surface area contributed by atoms with Crippen LogP contribution in [0.2, 0.25) is 0 Å². The van der Waals surface area contributed by atoms with Crippen molar-refractivity contribution in [3.8, 4) is 34.1 Å². The van der Waals surface area contributed by atoms with Crippen molar-refractivity contribution in [3.63, 3.8) is 0 Å². The van der Waals surface area contributed by atoms with Crippen molar-refractivity contribution in [1.29, 1.82) is 0 Å². The Kier molecular flexibility index (Phi) is 4.06. The Morgan fingerprint density at radius 3 is 2.63 bits per heavy atom. The van der Waals surface area contributed by atoms with E-state index in [0.717, 1.165) is 27.6 Å². The molecule has 0 saturated heterocycles. The maximum Gasteiger partial charge on any atom is 0.262 e. The molecule has 0 saturated carbocycles. The largest absolute Gasteiger partial charge is 0.493 e. The van der Waals surface area contributed by atoms with Crippen LogP contribution in [-0.2, 0) is 13.0 Å². The SMILES string of the molecule is COc1ccc(-c2nc(-c3cc4cccc5c4n(c3=O)CC5)n(O)c2C)cc1OC. The van der Waals surface area contributed by atoms with Crippen LogP contribution in [0.3, 0.4) is 0 Å². The number of aromatic nitrogens is 3. The molecule has 7 heteroatoms. The number of hydrogen-bond donors (Lipinski definition) is 1. The topological polar surface area (TPSA) is 78.5 Å². The third kappa shape index (κ3) is 2.51. The van der Waals surface area contributed by atoms with E-state index in [1.165, 1.54) is 5.56 Å². The Morgan fingerprint density at radius 1 is 1.07 bits per heavy atom. The average Bonchev–Trinajstić information content (AvgIpc) is 3.33. The minimum atomic E-state index is -0.147. The van der Waals surface area contributed by atoms with Gasteiger partial charge in [-0.05, 0) is 48.6 Å². The molecule has 1 aliphatic heterocycles. The zero-order valence-corrected chi connectivity index (χ0v) is 17.0. The fourth-order valence-corrected chi connectivity index (χ4v) is 4.25. The summed E-state index contributed by atoms with van der Waals surface area (Å²) in [5.74, 6) is 1.40. The molecule has 0 unspecified atom stereocenters. The number of para-hydroxylation sites is 1. The van der Waals surface area contributed by atoms with Crippen molar-refractivity contribution in [2.75, 3.05) is 14.2 Å². The van der Waals surface area contributed by atoms with Crippen LogP contribution in [0.5, 0.6) is 11.5 Å². The number of imidazole rings is 1. The summed E-state index contributed by atoms with van der Waals surface area (Å²) in [4.78, 5) is 17.8. The van der Waals surface area contributed by atoms with Gasteiger partial charge in [-0.25, -0.2) is 4.98 Å². The van der Waals surface area contributed by atoms with Gasteiger partial charge in [0.15, 0.2) is 17.3 Å². The van der Waals surface area contributed by atoms with Crippen LogP contribution in [0.4, 0.5) is 0 Å². The lowest BCUT2D eigenvalue weighted by Crippen LogP contribution is -2.21. The number of pyridine rings is 1. The highest BCUT2D eigenvalue weighted by Gasteiger charge is 2.23. The Labute approximate surface area is 172 Å². The van der Waals surface area contributed by atoms with Crippen LogP contribution >= 0.6 is 0 Å². The smallest absolute Gasteiger partial charge is 0.262 e. The lowest BCUT2D eigenvalue weighted by atomic mass is 10.1. The van der Waals surface area contributed by atoms with Gasteiger partial charge >= 0.3 is 0 Å². The van der Waals surface area contributed by atoms with Crippen molar-refractivity contribution in [2.45, 2.75) is 19.9 Å². The van der Waals surface area contributed by atoms with E-state index in [4.69, 9.17) is 9.47 Å². The summed E-state index contributed by atoms with van der Waals surface area (Å²) in [5, 5.41) is 11.7. The average molecular weight is 403 g/mol. The van der Waals surface area contributed by atoms with Gasteiger partial charge in [0.1, 0.15) is 0 Å². The molecule has 1 aliphatic rings. The number of rotatable bonds is 4. The van der Waals surface area contributed by atoms with E-state index in [0.29, 0.717) is 35.0 Å². The van der Waals surface area contributed by atoms with Gasteiger partial charge in [0, 0.05) is 12.1 Å². The minimum absolute atomic E-state index is 0.147. The molecule has 7 nitrogen and oxygen atoms in total. The van der Waals surface area contributed by atoms with Gasteiger partial charge in [-0.2, -0.15) is 4.73 Å². The molecule has 0 radical (unpaired) electrons. The molecule has 1 N–H and O–H groups in total. The molecule has 0 spiro atoms. The van der Waals surface area contributed by atoms with E-state index in [1.807, 2.05) is 24.3 Å². The molecule has 0 amide bonds. The van der Waals surface area contributed by atoms with Crippen LogP contribution in [-0.4, -0.2) is 33.7 Å². The molecule has 2 aromatic heterocycles. The second-order valence-electron chi connectivity index (χ2n) is 7.37. The highest BCUT2D eigenvalue weighted by molar-refractivity contribution is 5.87. The van der Waals surface area contributed by atoms with Gasteiger partial charge in [-0.1, -0.05) is 18.2 Å². The standard InChI is InChI=1S/C23H21N3O4/c1-13-20(15-7-8-18(29-2)19(12-15)30-3)24-22(26(13)28)17-11-16-6-4-5-14-9-10-25(21(14)16)23(17)27/h4-8,11-12,28H,9-10H2,1-3H3. The van der Waals surface area contributed by atoms with E-state index in [1.54, 1.807) is 37.8 Å². The molecular formula is C23H21N3O4. The predicted octanol–water partition coefficient (Wildman–Crippen LogP) is 3.65. The summed E-state index contributed by atoms with van der Waals surface area (Å²) in [6.45, 7) is 2.40. The summed E-state index contributed by atoms with van der Waals surface area (Å²) in [5.41, 5.74) is 4.23. The lowest BCUT2D eigenvalue weighted by molar-refractivity contribution is 0.184. The Balaban J connectivity index is 1.71. The van der Waals surface area contributed by atoms with Gasteiger partial charge in [0.25, 0.3) is 5.56 Å². The monoisotopic (exact) mass is 403 g/mol. The molecule has 4 aromatic rings. The van der Waals surface area contributed by atoms with E-state index in [2.05, 4.69) is 11.1 Å². The number of benzene rings is 2. The first-order chi connectivity index (χ1) is 14.5. The van der Waals surface area contributed by atoms with Gasteiger partial charge in [-0.3, -0.25) is 4.79 Å². The van der Waals surface area contributed by atoms with Crippen molar-refractivity contribution in [2.24, 2.45) is 0 Å². The second-order valence-corrected chi connectivity index (χ2v) is 7.37. The van der Waals surface area contributed by atoms with Crippen LogP contribution < -0.4 is 15.0 Å². The summed E-state index contributed by atoms with van der Waals surface area (Å²) in [6, 6.07) is 13.3. The van der Waals surface area contributed by atoms with Gasteiger partial charge in [0.05, 0.1) is 36.7 Å². The van der Waals surface area contributed by atoms with E-state index in [-0.39, 0.29) is 11.4 Å². The van der Waals surface area contributed by atoms with Crippen LogP contribution in [0.15, 0.2) is 47.3 Å². The molecule has 0 atom stereocenters. The highest BCUT2D eigenvalue weighted by atomic mass is 16.5. The molecule has 2 aromatic carbocycles. The summed E-state index contributed by atoms with van der Waals surface area (Å²) in [7, 11) is 3.14. The fourth-order valence-electron chi connectivity index (χ4n) is 4.25. The normalized spacial score (nSPS) is 12.5. The quantitative estimate of drug-likeness (QED) is 0.526. The van der Waals surface area contributed by atoms with Crippen LogP contribution in [0.25, 0.3) is 33.5 Å². The van der Waals surface area contributed by atoms with Crippen molar-refractivity contribution >= 4 is 10.9 Å². The van der Waals surface area contributed by atoms with E-state index in [9.17, 15) is 10.0 Å². The number of hydrogen-bond acceptors (Lipinski definition) is 5. The molecule has 0 bridgehead atoms. The number of ether oxygens (including phenoxy) is 2. The maximum atomic E-state index is 13.2. The highest BCUT2D eigenvalue weighted by Crippen LogP contribution is 2.35. The Hall–Kier alpha value is -3.74. The zero-order chi connectivity index (χ0) is 21.0. The first-order valence-corrected chi connectivity index (χ1v) is 9.70. The molecule has 152 valence electrons. The molecular weight excluding hydrogens is 382 g/mol. The first kappa shape index (κ1) is 18.3. The zero-order valence-electron chi connectivity index (χ0n) is 17.0. The van der Waals surface area contributed by atoms with Crippen molar-refractivity contribution in [1.82, 2.24) is 14.3 Å². The second kappa shape index (κ2) is 6.66. The summed E-state index contributed by atoms with van der Waals surface area (Å²) in [6.07, 6.45) is 0.833.